The summed E-state index contributed by atoms with van der Waals surface area (Å²) < 4.78 is 5.92. The van der Waals surface area contributed by atoms with Crippen LogP contribution >= 0.6 is 11.8 Å². The summed E-state index contributed by atoms with van der Waals surface area (Å²) in [4.78, 5) is 13.6. The van der Waals surface area contributed by atoms with Gasteiger partial charge in [-0.05, 0) is 38.1 Å². The van der Waals surface area contributed by atoms with Crippen molar-refractivity contribution in [2.45, 2.75) is 19.3 Å². The van der Waals surface area contributed by atoms with Crippen molar-refractivity contribution in [3.05, 3.63) is 29.8 Å². The third-order valence-corrected chi connectivity index (χ3v) is 4.83. The Morgan fingerprint density at radius 1 is 1.25 bits per heavy atom. The van der Waals surface area contributed by atoms with Crippen LogP contribution in [-0.2, 0) is 4.79 Å². The number of nitrogens with one attached hydrogen (secondary N) is 1. The zero-order chi connectivity index (χ0) is 16.6. The summed E-state index contributed by atoms with van der Waals surface area (Å²) in [5.41, 5.74) is 0.884. The van der Waals surface area contributed by atoms with Gasteiger partial charge < -0.3 is 10.1 Å². The Balaban J connectivity index is 1.53. The molecule has 2 saturated heterocycles. The normalized spacial score (nSPS) is 20.7. The highest BCUT2D eigenvalue weighted by molar-refractivity contribution is 8.15. The topological polar surface area (TPSA) is 66.3 Å². The van der Waals surface area contributed by atoms with Gasteiger partial charge in [0.25, 0.3) is 0 Å². The lowest BCUT2D eigenvalue weighted by Crippen LogP contribution is -2.33. The van der Waals surface area contributed by atoms with Gasteiger partial charge >= 0.3 is 0 Å². The van der Waals surface area contributed by atoms with Gasteiger partial charge in [-0.2, -0.15) is 5.10 Å². The lowest BCUT2D eigenvalue weighted by Gasteiger charge is -2.26. The number of hydrogen-bond donors (Lipinski definition) is 1. The minimum absolute atomic E-state index is 0.0320. The summed E-state index contributed by atoms with van der Waals surface area (Å²) in [6, 6.07) is 7.78. The molecule has 0 bridgehead atoms. The van der Waals surface area contributed by atoms with Gasteiger partial charge in [-0.3, -0.25) is 9.69 Å². The quantitative estimate of drug-likeness (QED) is 0.633. The lowest BCUT2D eigenvalue weighted by atomic mass is 10.1. The first-order chi connectivity index (χ1) is 11.8. The van der Waals surface area contributed by atoms with E-state index < -0.39 is 0 Å². The van der Waals surface area contributed by atoms with Crippen LogP contribution in [0, 0.1) is 0 Å². The van der Waals surface area contributed by atoms with Crippen LogP contribution in [0.25, 0.3) is 0 Å². The molecule has 1 aromatic rings. The third kappa shape index (κ3) is 5.07. The van der Waals surface area contributed by atoms with E-state index in [1.165, 1.54) is 44.1 Å². The van der Waals surface area contributed by atoms with Crippen molar-refractivity contribution in [1.29, 1.82) is 0 Å². The number of rotatable bonds is 6. The van der Waals surface area contributed by atoms with Crippen LogP contribution in [0.1, 0.15) is 24.8 Å². The highest BCUT2D eigenvalue weighted by Gasteiger charge is 2.16. The Morgan fingerprint density at radius 3 is 2.88 bits per heavy atom. The molecule has 0 radical (unpaired) electrons. The maximum Gasteiger partial charge on any atom is 0.236 e. The van der Waals surface area contributed by atoms with Crippen molar-refractivity contribution in [3.8, 4) is 5.75 Å². The van der Waals surface area contributed by atoms with Crippen molar-refractivity contribution in [3.63, 3.8) is 0 Å². The van der Waals surface area contributed by atoms with E-state index >= 15 is 0 Å². The lowest BCUT2D eigenvalue weighted by molar-refractivity contribution is -0.116. The molecule has 1 aromatic carbocycles. The number of amides is 1. The molecule has 0 spiro atoms. The van der Waals surface area contributed by atoms with Crippen LogP contribution in [0.2, 0.25) is 0 Å². The fourth-order valence-corrected chi connectivity index (χ4v) is 3.34. The Bertz CT molecular complexity index is 627. The Hall–Kier alpha value is -1.86. The van der Waals surface area contributed by atoms with Crippen LogP contribution in [0.3, 0.4) is 0 Å². The molecule has 2 aliphatic rings. The number of para-hydroxylation sites is 1. The number of carbonyl (C=O) groups is 1. The maximum atomic E-state index is 11.1. The molecule has 1 N–H and O–H groups in total. The molecule has 2 aliphatic heterocycles. The molecule has 0 aromatic heterocycles. The summed E-state index contributed by atoms with van der Waals surface area (Å²) in [5.74, 6) is 1.18. The Morgan fingerprint density at radius 2 is 2.08 bits per heavy atom. The molecule has 0 unspecified atom stereocenters. The van der Waals surface area contributed by atoms with Crippen molar-refractivity contribution in [2.75, 3.05) is 32.0 Å². The molecular weight excluding hydrogens is 324 g/mol. The average molecular weight is 346 g/mol. The van der Waals surface area contributed by atoms with Crippen LogP contribution in [0.5, 0.6) is 5.75 Å². The molecule has 2 fully saturated rings. The molecule has 24 heavy (non-hydrogen) atoms. The molecule has 1 amide bonds. The number of carbonyl (C=O) groups excluding carboxylic acids is 1. The van der Waals surface area contributed by atoms with E-state index in [1.54, 1.807) is 6.21 Å². The predicted molar refractivity (Wildman–Crippen MR) is 97.9 cm³/mol. The van der Waals surface area contributed by atoms with Gasteiger partial charge in [-0.1, -0.05) is 30.3 Å². The average Bonchev–Trinajstić information content (AvgIpc) is 3.02. The van der Waals surface area contributed by atoms with Crippen molar-refractivity contribution < 1.29 is 9.53 Å². The second-order valence-electron chi connectivity index (χ2n) is 5.78. The van der Waals surface area contributed by atoms with Gasteiger partial charge in [0.2, 0.25) is 5.91 Å². The van der Waals surface area contributed by atoms with E-state index in [2.05, 4.69) is 20.4 Å². The molecule has 6 nitrogen and oxygen atoms in total. The summed E-state index contributed by atoms with van der Waals surface area (Å²) in [6.07, 6.45) is 5.59. The molecule has 0 aliphatic carbocycles. The highest BCUT2D eigenvalue weighted by Crippen LogP contribution is 2.17. The molecule has 2 heterocycles. The second-order valence-corrected chi connectivity index (χ2v) is 6.74. The number of ether oxygens (including phenoxy) is 1. The highest BCUT2D eigenvalue weighted by atomic mass is 32.2. The van der Waals surface area contributed by atoms with Gasteiger partial charge in [0, 0.05) is 12.1 Å². The molecule has 0 atom stereocenters. The number of nitrogens with zero attached hydrogens (tertiary/aromatic N) is 3. The largest absolute Gasteiger partial charge is 0.492 e. The van der Waals surface area contributed by atoms with Crippen LogP contribution in [0.4, 0.5) is 0 Å². The van der Waals surface area contributed by atoms with Gasteiger partial charge in [-0.15, -0.1) is 5.10 Å². The SMILES string of the molecule is O=C1CSC(=NN=Cc2ccccc2OCCN2CCCCC2)N1. The summed E-state index contributed by atoms with van der Waals surface area (Å²) in [6.45, 7) is 3.97. The van der Waals surface area contributed by atoms with Crippen LogP contribution in [-0.4, -0.2) is 54.2 Å². The summed E-state index contributed by atoms with van der Waals surface area (Å²) >= 11 is 1.36. The molecule has 3 rings (SSSR count). The van der Waals surface area contributed by atoms with Crippen molar-refractivity contribution in [1.82, 2.24) is 10.2 Å². The second kappa shape index (κ2) is 8.84. The number of piperidine rings is 1. The molecule has 128 valence electrons. The Labute approximate surface area is 146 Å². The van der Waals surface area contributed by atoms with Crippen LogP contribution in [0.15, 0.2) is 34.5 Å². The predicted octanol–water partition coefficient (Wildman–Crippen LogP) is 2.10. The van der Waals surface area contributed by atoms with E-state index in [9.17, 15) is 4.79 Å². The smallest absolute Gasteiger partial charge is 0.236 e. The number of benzene rings is 1. The first kappa shape index (κ1) is 17.0. The van der Waals surface area contributed by atoms with E-state index in [0.717, 1.165) is 17.9 Å². The molecular formula is C17H22N4O2S. The monoisotopic (exact) mass is 346 g/mol. The van der Waals surface area contributed by atoms with Gasteiger partial charge in [0.1, 0.15) is 12.4 Å². The van der Waals surface area contributed by atoms with Crippen molar-refractivity contribution in [2.24, 2.45) is 10.2 Å². The summed E-state index contributed by atoms with van der Waals surface area (Å²) in [7, 11) is 0. The zero-order valence-electron chi connectivity index (χ0n) is 13.6. The van der Waals surface area contributed by atoms with Gasteiger partial charge in [-0.25, -0.2) is 0 Å². The standard InChI is InChI=1S/C17H22N4O2S/c22-16-13-24-17(19-16)20-18-12-14-6-2-3-7-15(14)23-11-10-21-8-4-1-5-9-21/h2-3,6-7,12H,1,4-5,8-11,13H2,(H,19,20,22). The van der Waals surface area contributed by atoms with Gasteiger partial charge in [0.05, 0.1) is 12.0 Å². The van der Waals surface area contributed by atoms with Crippen molar-refractivity contribution >= 4 is 29.1 Å². The van der Waals surface area contributed by atoms with Crippen LogP contribution < -0.4 is 10.1 Å². The molecule has 0 saturated carbocycles. The first-order valence-corrected chi connectivity index (χ1v) is 9.28. The van der Waals surface area contributed by atoms with E-state index in [0.29, 0.717) is 17.5 Å². The maximum absolute atomic E-state index is 11.1. The summed E-state index contributed by atoms with van der Waals surface area (Å²) in [5, 5.41) is 11.3. The first-order valence-electron chi connectivity index (χ1n) is 8.29. The molecule has 7 heteroatoms. The fraction of sp³-hybridized carbons (Fsp3) is 0.471. The Kier molecular flexibility index (Phi) is 6.26. The van der Waals surface area contributed by atoms with E-state index in [4.69, 9.17) is 4.74 Å². The van der Waals surface area contributed by atoms with E-state index in [-0.39, 0.29) is 5.91 Å². The number of thioether (sulfide) groups is 1. The number of hydrogen-bond acceptors (Lipinski definition) is 6. The number of likely N-dealkylation sites (tertiary alicyclic amines) is 1. The fourth-order valence-electron chi connectivity index (χ4n) is 2.71. The minimum atomic E-state index is -0.0320. The van der Waals surface area contributed by atoms with E-state index in [1.807, 2.05) is 24.3 Å². The third-order valence-electron chi connectivity index (χ3n) is 3.96. The number of amidine groups is 1. The zero-order valence-corrected chi connectivity index (χ0v) is 14.4. The minimum Gasteiger partial charge on any atom is -0.492 e. The van der Waals surface area contributed by atoms with Gasteiger partial charge in [0.15, 0.2) is 5.17 Å².